The van der Waals surface area contributed by atoms with Crippen LogP contribution in [0.1, 0.15) is 11.9 Å². The van der Waals surface area contributed by atoms with Gasteiger partial charge in [0.05, 0.1) is 6.04 Å². The molecule has 0 saturated heterocycles. The van der Waals surface area contributed by atoms with E-state index in [1.54, 1.807) is 0 Å². The lowest BCUT2D eigenvalue weighted by molar-refractivity contribution is -0.138. The summed E-state index contributed by atoms with van der Waals surface area (Å²) in [5, 5.41) is 6.84. The second-order valence-electron chi connectivity index (χ2n) is 2.69. The maximum atomic E-state index is 12.1. The molecule has 0 aromatic carbocycles. The topological polar surface area (TPSA) is 80.9 Å². The van der Waals surface area contributed by atoms with Crippen LogP contribution in [0.15, 0.2) is 0 Å². The molecule has 1 amide bonds. The van der Waals surface area contributed by atoms with Crippen LogP contribution in [0.2, 0.25) is 0 Å². The first kappa shape index (κ1) is 11.9. The summed E-state index contributed by atoms with van der Waals surface area (Å²) in [5.74, 6) is -0.611. The van der Waals surface area contributed by atoms with Gasteiger partial charge in [0, 0.05) is 0 Å². The van der Waals surface area contributed by atoms with Gasteiger partial charge in [-0.3, -0.25) is 10.1 Å². The van der Waals surface area contributed by atoms with Crippen molar-refractivity contribution in [2.24, 2.45) is 5.73 Å². The number of nitrogens with two attached hydrogens (primary N) is 1. The fourth-order valence-corrected chi connectivity index (χ4v) is 1.22. The Morgan fingerprint density at radius 1 is 1.53 bits per heavy atom. The lowest BCUT2D eigenvalue weighted by Gasteiger charge is -2.02. The summed E-state index contributed by atoms with van der Waals surface area (Å²) in [6, 6.07) is -0.816. The van der Waals surface area contributed by atoms with E-state index in [0.29, 0.717) is 0 Å². The smallest absolute Gasteiger partial charge is 0.320 e. The number of rotatable bonds is 2. The van der Waals surface area contributed by atoms with Gasteiger partial charge in [0.15, 0.2) is 0 Å². The van der Waals surface area contributed by atoms with Gasteiger partial charge >= 0.3 is 6.18 Å². The van der Waals surface area contributed by atoms with Crippen molar-refractivity contribution >= 4 is 22.4 Å². The van der Waals surface area contributed by atoms with Gasteiger partial charge in [0.2, 0.25) is 16.0 Å². The molecule has 1 unspecified atom stereocenters. The molecular weight excluding hydrogens is 233 g/mol. The van der Waals surface area contributed by atoms with Crippen molar-refractivity contribution in [2.45, 2.75) is 19.1 Å². The number of nitrogens with one attached hydrogen (secondary N) is 1. The molecule has 84 valence electrons. The number of halogens is 3. The van der Waals surface area contributed by atoms with Gasteiger partial charge in [-0.2, -0.15) is 13.2 Å². The third-order valence-corrected chi connectivity index (χ3v) is 2.19. The second-order valence-corrected chi connectivity index (χ2v) is 3.67. The Balaban J connectivity index is 2.73. The van der Waals surface area contributed by atoms with E-state index in [9.17, 15) is 18.0 Å². The van der Waals surface area contributed by atoms with Crippen LogP contribution in [0.4, 0.5) is 18.3 Å². The predicted molar refractivity (Wildman–Crippen MR) is 47.2 cm³/mol. The summed E-state index contributed by atoms with van der Waals surface area (Å²) in [6.45, 7) is 1.40. The van der Waals surface area contributed by atoms with Crippen molar-refractivity contribution in [1.82, 2.24) is 10.2 Å². The van der Waals surface area contributed by atoms with E-state index in [4.69, 9.17) is 5.73 Å². The highest BCUT2D eigenvalue weighted by Crippen LogP contribution is 2.32. The number of carbonyl (C=O) groups is 1. The Kier molecular flexibility index (Phi) is 3.25. The maximum Gasteiger partial charge on any atom is 0.445 e. The third kappa shape index (κ3) is 3.13. The highest BCUT2D eigenvalue weighted by Gasteiger charge is 2.35. The molecule has 9 heteroatoms. The van der Waals surface area contributed by atoms with Gasteiger partial charge in [0.1, 0.15) is 0 Å². The molecule has 0 saturated carbocycles. The number of amides is 1. The summed E-state index contributed by atoms with van der Waals surface area (Å²) in [4.78, 5) is 11.0. The number of alkyl halides is 3. The minimum atomic E-state index is -4.55. The molecule has 0 radical (unpaired) electrons. The molecule has 5 nitrogen and oxygen atoms in total. The van der Waals surface area contributed by atoms with E-state index in [2.05, 4.69) is 15.5 Å². The van der Waals surface area contributed by atoms with Crippen molar-refractivity contribution < 1.29 is 18.0 Å². The Labute approximate surface area is 86.5 Å². The Bertz CT molecular complexity index is 362. The van der Waals surface area contributed by atoms with Gasteiger partial charge in [-0.1, -0.05) is 11.3 Å². The number of hydrogen-bond donors (Lipinski definition) is 2. The van der Waals surface area contributed by atoms with E-state index < -0.39 is 23.1 Å². The summed E-state index contributed by atoms with van der Waals surface area (Å²) < 4.78 is 36.2. The van der Waals surface area contributed by atoms with Crippen molar-refractivity contribution in [2.75, 3.05) is 5.32 Å². The van der Waals surface area contributed by atoms with Crippen LogP contribution >= 0.6 is 11.3 Å². The molecule has 0 fully saturated rings. The largest absolute Gasteiger partial charge is 0.445 e. The number of anilines is 1. The lowest BCUT2D eigenvalue weighted by Crippen LogP contribution is -2.32. The average molecular weight is 240 g/mol. The van der Waals surface area contributed by atoms with E-state index >= 15 is 0 Å². The van der Waals surface area contributed by atoms with Crippen LogP contribution in [0.5, 0.6) is 0 Å². The van der Waals surface area contributed by atoms with Crippen LogP contribution in [0.25, 0.3) is 0 Å². The molecule has 0 aliphatic carbocycles. The van der Waals surface area contributed by atoms with Crippen LogP contribution in [0.3, 0.4) is 0 Å². The fraction of sp³-hybridized carbons (Fsp3) is 0.500. The van der Waals surface area contributed by atoms with Crippen molar-refractivity contribution in [3.05, 3.63) is 5.01 Å². The number of hydrogen-bond acceptors (Lipinski definition) is 5. The molecule has 0 aliphatic heterocycles. The van der Waals surface area contributed by atoms with E-state index in [0.717, 1.165) is 0 Å². The first-order chi connectivity index (χ1) is 6.80. The van der Waals surface area contributed by atoms with Gasteiger partial charge in [-0.05, 0) is 6.92 Å². The minimum Gasteiger partial charge on any atom is -0.320 e. The predicted octanol–water partition coefficient (Wildman–Crippen LogP) is 0.843. The number of aromatic nitrogens is 2. The fourth-order valence-electron chi connectivity index (χ4n) is 0.608. The van der Waals surface area contributed by atoms with Gasteiger partial charge in [-0.25, -0.2) is 0 Å². The summed E-state index contributed by atoms with van der Waals surface area (Å²) in [7, 11) is 0. The Morgan fingerprint density at radius 2 is 2.13 bits per heavy atom. The van der Waals surface area contributed by atoms with E-state index in [1.165, 1.54) is 6.92 Å². The first-order valence-corrected chi connectivity index (χ1v) is 4.59. The molecule has 0 spiro atoms. The molecule has 1 atom stereocenters. The minimum absolute atomic E-state index is 0.218. The summed E-state index contributed by atoms with van der Waals surface area (Å²) >= 11 is 0.251. The molecule has 3 N–H and O–H groups in total. The zero-order valence-corrected chi connectivity index (χ0v) is 8.32. The Morgan fingerprint density at radius 3 is 2.53 bits per heavy atom. The molecule has 15 heavy (non-hydrogen) atoms. The van der Waals surface area contributed by atoms with E-state index in [-0.39, 0.29) is 16.5 Å². The maximum absolute atomic E-state index is 12.1. The van der Waals surface area contributed by atoms with Crippen LogP contribution in [-0.4, -0.2) is 22.1 Å². The monoisotopic (exact) mass is 240 g/mol. The standard InChI is InChI=1S/C6H7F3N4OS/c1-2(10)3(14)11-5-13-12-4(15-5)6(7,8)9/h2H,10H2,1H3,(H,11,13,14). The molecule has 0 bridgehead atoms. The molecular formula is C6H7F3N4OS. The van der Waals surface area contributed by atoms with Gasteiger partial charge < -0.3 is 5.73 Å². The Hall–Kier alpha value is -1.22. The van der Waals surface area contributed by atoms with Crippen molar-refractivity contribution in [3.63, 3.8) is 0 Å². The number of carbonyl (C=O) groups excluding carboxylic acids is 1. The van der Waals surface area contributed by atoms with Crippen molar-refractivity contribution in [3.8, 4) is 0 Å². The molecule has 0 aliphatic rings. The highest BCUT2D eigenvalue weighted by molar-refractivity contribution is 7.15. The highest BCUT2D eigenvalue weighted by atomic mass is 32.1. The molecule has 1 aromatic rings. The lowest BCUT2D eigenvalue weighted by atomic mass is 10.3. The molecule has 1 heterocycles. The first-order valence-electron chi connectivity index (χ1n) is 3.78. The van der Waals surface area contributed by atoms with Crippen molar-refractivity contribution in [1.29, 1.82) is 0 Å². The van der Waals surface area contributed by atoms with Gasteiger partial charge in [-0.15, -0.1) is 10.2 Å². The normalized spacial score (nSPS) is 13.7. The zero-order valence-electron chi connectivity index (χ0n) is 7.50. The second kappa shape index (κ2) is 4.11. The average Bonchev–Trinajstić information content (AvgIpc) is 2.51. The summed E-state index contributed by atoms with van der Waals surface area (Å²) in [6.07, 6.45) is -4.55. The molecule has 1 aromatic heterocycles. The van der Waals surface area contributed by atoms with Crippen LogP contribution in [-0.2, 0) is 11.0 Å². The number of nitrogens with zero attached hydrogens (tertiary/aromatic N) is 2. The quantitative estimate of drug-likeness (QED) is 0.802. The van der Waals surface area contributed by atoms with Crippen LogP contribution < -0.4 is 11.1 Å². The summed E-state index contributed by atoms with van der Waals surface area (Å²) in [5.41, 5.74) is 5.20. The third-order valence-electron chi connectivity index (χ3n) is 1.31. The zero-order chi connectivity index (χ0) is 11.6. The van der Waals surface area contributed by atoms with Gasteiger partial charge in [0.25, 0.3) is 0 Å². The van der Waals surface area contributed by atoms with Crippen LogP contribution in [0, 0.1) is 0 Å². The van der Waals surface area contributed by atoms with E-state index in [1.807, 2.05) is 0 Å². The molecule has 1 rings (SSSR count). The SMILES string of the molecule is CC(N)C(=O)Nc1nnc(C(F)(F)F)s1.